The predicted molar refractivity (Wildman–Crippen MR) is 60.1 cm³/mol. The van der Waals surface area contributed by atoms with E-state index in [-0.39, 0.29) is 5.97 Å². The number of aliphatic hydroxyl groups is 1. The van der Waals surface area contributed by atoms with Crippen LogP contribution in [0, 0.1) is 0 Å². The topological polar surface area (TPSA) is 46.5 Å². The lowest BCUT2D eigenvalue weighted by atomic mass is 9.81. The van der Waals surface area contributed by atoms with Gasteiger partial charge in [0.2, 0.25) is 0 Å². The maximum absolute atomic E-state index is 11.8. The molecule has 2 rings (SSSR count). The van der Waals surface area contributed by atoms with E-state index >= 15 is 0 Å². The van der Waals surface area contributed by atoms with Gasteiger partial charge in [-0.2, -0.15) is 0 Å². The standard InChI is InChI=1S/C13H16O3/c1-2-16-13(15)12-10-6-4-3-5-9(10)7-8-11(12)14/h3-6,11-12,14H,2,7-8H2,1H3. The molecule has 0 saturated carbocycles. The molecule has 3 nitrogen and oxygen atoms in total. The average molecular weight is 220 g/mol. The molecule has 1 aromatic rings. The number of aryl methyl sites for hydroxylation is 1. The number of rotatable bonds is 2. The van der Waals surface area contributed by atoms with Gasteiger partial charge in [0, 0.05) is 0 Å². The van der Waals surface area contributed by atoms with E-state index in [1.165, 1.54) is 0 Å². The zero-order valence-corrected chi connectivity index (χ0v) is 9.35. The Morgan fingerprint density at radius 1 is 1.50 bits per heavy atom. The number of esters is 1. The summed E-state index contributed by atoms with van der Waals surface area (Å²) in [6, 6.07) is 7.76. The van der Waals surface area contributed by atoms with Crippen LogP contribution < -0.4 is 0 Å². The molecule has 2 unspecified atom stereocenters. The minimum Gasteiger partial charge on any atom is -0.465 e. The van der Waals surface area contributed by atoms with Crippen LogP contribution in [0.1, 0.15) is 30.4 Å². The van der Waals surface area contributed by atoms with Gasteiger partial charge in [0.15, 0.2) is 0 Å². The highest BCUT2D eigenvalue weighted by atomic mass is 16.5. The third kappa shape index (κ3) is 1.95. The molecule has 2 atom stereocenters. The van der Waals surface area contributed by atoms with E-state index in [9.17, 15) is 9.90 Å². The summed E-state index contributed by atoms with van der Waals surface area (Å²) in [5, 5.41) is 9.91. The van der Waals surface area contributed by atoms with Crippen molar-refractivity contribution in [3.05, 3.63) is 35.4 Å². The molecule has 16 heavy (non-hydrogen) atoms. The monoisotopic (exact) mass is 220 g/mol. The molecule has 0 fully saturated rings. The number of aliphatic hydroxyl groups excluding tert-OH is 1. The first-order valence-electron chi connectivity index (χ1n) is 5.66. The van der Waals surface area contributed by atoms with Crippen LogP contribution in [0.3, 0.4) is 0 Å². The first-order chi connectivity index (χ1) is 7.74. The first-order valence-corrected chi connectivity index (χ1v) is 5.66. The van der Waals surface area contributed by atoms with Gasteiger partial charge in [-0.25, -0.2) is 0 Å². The molecule has 1 aliphatic carbocycles. The Morgan fingerprint density at radius 3 is 3.00 bits per heavy atom. The Labute approximate surface area is 95.0 Å². The molecule has 0 saturated heterocycles. The highest BCUT2D eigenvalue weighted by Crippen LogP contribution is 2.32. The van der Waals surface area contributed by atoms with Gasteiger partial charge in [0.25, 0.3) is 0 Å². The van der Waals surface area contributed by atoms with Gasteiger partial charge in [-0.3, -0.25) is 4.79 Å². The van der Waals surface area contributed by atoms with Crippen LogP contribution in [-0.4, -0.2) is 23.8 Å². The van der Waals surface area contributed by atoms with Gasteiger partial charge < -0.3 is 9.84 Å². The summed E-state index contributed by atoms with van der Waals surface area (Å²) in [5.74, 6) is -0.827. The van der Waals surface area contributed by atoms with Crippen molar-refractivity contribution in [2.24, 2.45) is 0 Å². The summed E-state index contributed by atoms with van der Waals surface area (Å²) >= 11 is 0. The van der Waals surface area contributed by atoms with E-state index < -0.39 is 12.0 Å². The molecule has 1 aromatic carbocycles. The molecule has 0 aromatic heterocycles. The van der Waals surface area contributed by atoms with Crippen molar-refractivity contribution in [3.8, 4) is 0 Å². The largest absolute Gasteiger partial charge is 0.465 e. The number of hydrogen-bond donors (Lipinski definition) is 1. The minimum atomic E-state index is -0.617. The van der Waals surface area contributed by atoms with Crippen molar-refractivity contribution < 1.29 is 14.6 Å². The van der Waals surface area contributed by atoms with E-state index in [4.69, 9.17) is 4.74 Å². The van der Waals surface area contributed by atoms with Crippen molar-refractivity contribution in [1.29, 1.82) is 0 Å². The maximum Gasteiger partial charge on any atom is 0.316 e. The van der Waals surface area contributed by atoms with Crippen molar-refractivity contribution in [1.82, 2.24) is 0 Å². The summed E-state index contributed by atoms with van der Waals surface area (Å²) in [7, 11) is 0. The Morgan fingerprint density at radius 2 is 2.25 bits per heavy atom. The molecule has 0 amide bonds. The summed E-state index contributed by atoms with van der Waals surface area (Å²) in [6.45, 7) is 2.13. The quantitative estimate of drug-likeness (QED) is 0.771. The lowest BCUT2D eigenvalue weighted by Crippen LogP contribution is -2.32. The highest BCUT2D eigenvalue weighted by molar-refractivity contribution is 5.80. The van der Waals surface area contributed by atoms with E-state index in [1.54, 1.807) is 6.92 Å². The Bertz CT molecular complexity index is 387. The van der Waals surface area contributed by atoms with Crippen molar-refractivity contribution >= 4 is 5.97 Å². The second kappa shape index (κ2) is 4.66. The molecule has 0 spiro atoms. The molecule has 3 heteroatoms. The fourth-order valence-corrected chi connectivity index (χ4v) is 2.26. The van der Waals surface area contributed by atoms with Crippen LogP contribution in [0.15, 0.2) is 24.3 Å². The zero-order valence-electron chi connectivity index (χ0n) is 9.35. The summed E-state index contributed by atoms with van der Waals surface area (Å²) in [6.07, 6.45) is 0.835. The van der Waals surface area contributed by atoms with Gasteiger partial charge in [-0.05, 0) is 30.9 Å². The highest BCUT2D eigenvalue weighted by Gasteiger charge is 2.34. The number of ether oxygens (including phenoxy) is 1. The number of carbonyl (C=O) groups is 1. The van der Waals surface area contributed by atoms with Crippen molar-refractivity contribution in [2.75, 3.05) is 6.61 Å². The van der Waals surface area contributed by atoms with Gasteiger partial charge >= 0.3 is 5.97 Å². The van der Waals surface area contributed by atoms with Crippen LogP contribution in [0.25, 0.3) is 0 Å². The minimum absolute atomic E-state index is 0.317. The van der Waals surface area contributed by atoms with Gasteiger partial charge in [0.1, 0.15) is 5.92 Å². The molecular formula is C13H16O3. The summed E-state index contributed by atoms with van der Waals surface area (Å²) in [5.41, 5.74) is 2.06. The third-order valence-corrected chi connectivity index (χ3v) is 3.02. The van der Waals surface area contributed by atoms with E-state index in [1.807, 2.05) is 24.3 Å². The smallest absolute Gasteiger partial charge is 0.316 e. The summed E-state index contributed by atoms with van der Waals surface area (Å²) in [4.78, 5) is 11.8. The molecule has 0 bridgehead atoms. The summed E-state index contributed by atoms with van der Waals surface area (Å²) < 4.78 is 5.01. The average Bonchev–Trinajstić information content (AvgIpc) is 2.29. The predicted octanol–water partition coefficient (Wildman–Crippen LogP) is 1.64. The lowest BCUT2D eigenvalue weighted by Gasteiger charge is -2.28. The first kappa shape index (κ1) is 11.1. The Balaban J connectivity index is 2.33. The second-order valence-electron chi connectivity index (χ2n) is 4.03. The maximum atomic E-state index is 11.8. The van der Waals surface area contributed by atoms with E-state index in [0.29, 0.717) is 13.0 Å². The van der Waals surface area contributed by atoms with Crippen LogP contribution in [0.4, 0.5) is 0 Å². The van der Waals surface area contributed by atoms with Crippen LogP contribution in [0.5, 0.6) is 0 Å². The Kier molecular flexibility index (Phi) is 3.25. The molecule has 86 valence electrons. The fourth-order valence-electron chi connectivity index (χ4n) is 2.26. The van der Waals surface area contributed by atoms with Crippen molar-refractivity contribution in [3.63, 3.8) is 0 Å². The zero-order chi connectivity index (χ0) is 11.5. The normalized spacial score (nSPS) is 23.6. The lowest BCUT2D eigenvalue weighted by molar-refractivity contribution is -0.148. The molecule has 1 aliphatic rings. The molecule has 0 radical (unpaired) electrons. The van der Waals surface area contributed by atoms with Crippen LogP contribution >= 0.6 is 0 Å². The second-order valence-corrected chi connectivity index (χ2v) is 4.03. The van der Waals surface area contributed by atoms with Gasteiger partial charge in [0.05, 0.1) is 12.7 Å². The number of benzene rings is 1. The number of carbonyl (C=O) groups excluding carboxylic acids is 1. The SMILES string of the molecule is CCOC(=O)C1c2ccccc2CCC1O. The van der Waals surface area contributed by atoms with Crippen molar-refractivity contribution in [2.45, 2.75) is 31.8 Å². The molecule has 0 aliphatic heterocycles. The number of hydrogen-bond acceptors (Lipinski definition) is 3. The van der Waals surface area contributed by atoms with E-state index in [0.717, 1.165) is 17.5 Å². The number of fused-ring (bicyclic) bond motifs is 1. The molecule has 1 N–H and O–H groups in total. The van der Waals surface area contributed by atoms with Gasteiger partial charge in [-0.1, -0.05) is 24.3 Å². The van der Waals surface area contributed by atoms with E-state index in [2.05, 4.69) is 0 Å². The molecule has 0 heterocycles. The fraction of sp³-hybridized carbons (Fsp3) is 0.462. The van der Waals surface area contributed by atoms with Crippen LogP contribution in [-0.2, 0) is 16.0 Å². The third-order valence-electron chi connectivity index (χ3n) is 3.02. The van der Waals surface area contributed by atoms with Gasteiger partial charge in [-0.15, -0.1) is 0 Å². The Hall–Kier alpha value is -1.35. The van der Waals surface area contributed by atoms with Crippen LogP contribution in [0.2, 0.25) is 0 Å². The molecular weight excluding hydrogens is 204 g/mol.